The van der Waals surface area contributed by atoms with Gasteiger partial charge in [-0.05, 0) is 24.3 Å². The second-order valence-corrected chi connectivity index (χ2v) is 5.77. The number of benzene rings is 2. The maximum atomic E-state index is 12.0. The van der Waals surface area contributed by atoms with Crippen LogP contribution in [0.5, 0.6) is 0 Å². The van der Waals surface area contributed by atoms with E-state index in [4.69, 9.17) is 4.52 Å². The zero-order valence-electron chi connectivity index (χ0n) is 12.3. The molecule has 0 saturated heterocycles. The Morgan fingerprint density at radius 3 is 2.29 bits per heavy atom. The Balaban J connectivity index is 1.62. The number of halogens is 1. The van der Waals surface area contributed by atoms with Crippen LogP contribution in [0.2, 0.25) is 0 Å². The molecule has 120 valence electrons. The number of hydrogen-bond acceptors (Lipinski definition) is 4. The van der Waals surface area contributed by atoms with Crippen LogP contribution in [0, 0.1) is 0 Å². The number of nitrogens with zero attached hydrogens (tertiary/aromatic N) is 1. The second-order valence-electron chi connectivity index (χ2n) is 4.86. The van der Waals surface area contributed by atoms with Gasteiger partial charge in [0.05, 0.1) is 0 Å². The van der Waals surface area contributed by atoms with Gasteiger partial charge in [-0.15, -0.1) is 0 Å². The first-order chi connectivity index (χ1) is 11.6. The van der Waals surface area contributed by atoms with Crippen molar-refractivity contribution in [3.63, 3.8) is 0 Å². The summed E-state index contributed by atoms with van der Waals surface area (Å²) >= 11 is 3.29. The molecule has 24 heavy (non-hydrogen) atoms. The number of nitrogens with one attached hydrogen (secondary N) is 2. The Morgan fingerprint density at radius 1 is 0.917 bits per heavy atom. The summed E-state index contributed by atoms with van der Waals surface area (Å²) in [6.07, 6.45) is 0. The van der Waals surface area contributed by atoms with Gasteiger partial charge < -0.3 is 4.52 Å². The van der Waals surface area contributed by atoms with E-state index in [1.54, 1.807) is 24.3 Å². The Morgan fingerprint density at radius 2 is 1.58 bits per heavy atom. The standard InChI is InChI=1S/C17H12BrN3O3/c18-13-8-6-12(7-9-13)16(22)19-20-17(23)15-10-14(21-24-15)11-4-2-1-3-5-11/h1-10H,(H,19,22)(H,20,23). The molecule has 2 aromatic carbocycles. The molecule has 0 bridgehead atoms. The molecule has 0 atom stereocenters. The monoisotopic (exact) mass is 385 g/mol. The molecule has 0 radical (unpaired) electrons. The lowest BCUT2D eigenvalue weighted by Gasteiger charge is -2.05. The van der Waals surface area contributed by atoms with Crippen LogP contribution < -0.4 is 10.9 Å². The van der Waals surface area contributed by atoms with Crippen LogP contribution in [0.3, 0.4) is 0 Å². The van der Waals surface area contributed by atoms with Gasteiger partial charge in [-0.1, -0.05) is 51.4 Å². The highest BCUT2D eigenvalue weighted by atomic mass is 79.9. The number of carbonyl (C=O) groups excluding carboxylic acids is 2. The minimum Gasteiger partial charge on any atom is -0.350 e. The molecule has 0 unspecified atom stereocenters. The average Bonchev–Trinajstić information content (AvgIpc) is 3.11. The third kappa shape index (κ3) is 3.69. The molecule has 3 aromatic rings. The molecule has 0 spiro atoms. The number of rotatable bonds is 3. The average molecular weight is 386 g/mol. The van der Waals surface area contributed by atoms with Gasteiger partial charge in [0, 0.05) is 21.7 Å². The lowest BCUT2D eigenvalue weighted by atomic mass is 10.1. The van der Waals surface area contributed by atoms with Crippen LogP contribution in [0.4, 0.5) is 0 Å². The van der Waals surface area contributed by atoms with Crippen molar-refractivity contribution < 1.29 is 14.1 Å². The molecule has 3 rings (SSSR count). The number of amides is 2. The molecule has 0 aliphatic rings. The quantitative estimate of drug-likeness (QED) is 0.678. The summed E-state index contributed by atoms with van der Waals surface area (Å²) in [6, 6.07) is 17.6. The van der Waals surface area contributed by atoms with Crippen LogP contribution in [0.25, 0.3) is 11.3 Å². The Hall–Kier alpha value is -2.93. The smallest absolute Gasteiger partial charge is 0.308 e. The summed E-state index contributed by atoms with van der Waals surface area (Å²) < 4.78 is 5.87. The summed E-state index contributed by atoms with van der Waals surface area (Å²) in [4.78, 5) is 23.9. The maximum absolute atomic E-state index is 12.0. The maximum Gasteiger partial charge on any atom is 0.308 e. The number of hydrazine groups is 1. The number of carbonyl (C=O) groups is 2. The Kier molecular flexibility index (Phi) is 4.72. The second kappa shape index (κ2) is 7.10. The molecule has 0 saturated carbocycles. The molecular formula is C17H12BrN3O3. The first-order valence-corrected chi connectivity index (χ1v) is 7.81. The first kappa shape index (κ1) is 15.9. The van der Waals surface area contributed by atoms with E-state index in [0.29, 0.717) is 11.3 Å². The van der Waals surface area contributed by atoms with Crippen molar-refractivity contribution in [2.75, 3.05) is 0 Å². The van der Waals surface area contributed by atoms with E-state index in [9.17, 15) is 9.59 Å². The summed E-state index contributed by atoms with van der Waals surface area (Å²) in [7, 11) is 0. The van der Waals surface area contributed by atoms with Crippen LogP contribution in [-0.2, 0) is 0 Å². The summed E-state index contributed by atoms with van der Waals surface area (Å²) in [6.45, 7) is 0. The first-order valence-electron chi connectivity index (χ1n) is 7.02. The zero-order valence-corrected chi connectivity index (χ0v) is 13.9. The lowest BCUT2D eigenvalue weighted by molar-refractivity contribution is 0.0825. The van der Waals surface area contributed by atoms with Crippen molar-refractivity contribution >= 4 is 27.7 Å². The van der Waals surface area contributed by atoms with Crippen molar-refractivity contribution in [2.45, 2.75) is 0 Å². The third-order valence-electron chi connectivity index (χ3n) is 3.20. The molecule has 1 heterocycles. The largest absolute Gasteiger partial charge is 0.350 e. The van der Waals surface area contributed by atoms with E-state index in [0.717, 1.165) is 10.0 Å². The predicted octanol–water partition coefficient (Wildman–Crippen LogP) is 3.18. The number of hydrogen-bond donors (Lipinski definition) is 2. The van der Waals surface area contributed by atoms with Crippen LogP contribution >= 0.6 is 15.9 Å². The molecule has 0 aliphatic carbocycles. The van der Waals surface area contributed by atoms with Gasteiger partial charge in [0.15, 0.2) is 0 Å². The molecule has 0 fully saturated rings. The van der Waals surface area contributed by atoms with Crippen molar-refractivity contribution in [1.82, 2.24) is 16.0 Å². The molecule has 2 N–H and O–H groups in total. The van der Waals surface area contributed by atoms with Gasteiger partial charge in [-0.2, -0.15) is 0 Å². The van der Waals surface area contributed by atoms with Gasteiger partial charge in [0.2, 0.25) is 5.76 Å². The molecule has 1 aromatic heterocycles. The Bertz CT molecular complexity index is 860. The van der Waals surface area contributed by atoms with Crippen LogP contribution in [0.1, 0.15) is 20.9 Å². The third-order valence-corrected chi connectivity index (χ3v) is 3.73. The minimum absolute atomic E-state index is 0.00459. The topological polar surface area (TPSA) is 84.2 Å². The van der Waals surface area contributed by atoms with Gasteiger partial charge in [-0.25, -0.2) is 0 Å². The lowest BCUT2D eigenvalue weighted by Crippen LogP contribution is -2.41. The van der Waals surface area contributed by atoms with E-state index in [1.165, 1.54) is 6.07 Å². The van der Waals surface area contributed by atoms with Gasteiger partial charge in [0.1, 0.15) is 5.69 Å². The summed E-state index contributed by atoms with van der Waals surface area (Å²) in [5.41, 5.74) is 6.41. The highest BCUT2D eigenvalue weighted by molar-refractivity contribution is 9.10. The van der Waals surface area contributed by atoms with E-state index < -0.39 is 11.8 Å². The highest BCUT2D eigenvalue weighted by Crippen LogP contribution is 2.18. The minimum atomic E-state index is -0.588. The van der Waals surface area contributed by atoms with E-state index >= 15 is 0 Å². The molecule has 2 amide bonds. The predicted molar refractivity (Wildman–Crippen MR) is 91.0 cm³/mol. The fourth-order valence-corrected chi connectivity index (χ4v) is 2.24. The fourth-order valence-electron chi connectivity index (χ4n) is 1.98. The van der Waals surface area contributed by atoms with Gasteiger partial charge in [0.25, 0.3) is 5.91 Å². The summed E-state index contributed by atoms with van der Waals surface area (Å²) in [5, 5.41) is 3.85. The van der Waals surface area contributed by atoms with E-state index in [-0.39, 0.29) is 5.76 Å². The van der Waals surface area contributed by atoms with E-state index in [1.807, 2.05) is 30.3 Å². The molecular weight excluding hydrogens is 374 g/mol. The Labute approximate surface area is 146 Å². The van der Waals surface area contributed by atoms with Crippen molar-refractivity contribution in [1.29, 1.82) is 0 Å². The van der Waals surface area contributed by atoms with E-state index in [2.05, 4.69) is 31.9 Å². The van der Waals surface area contributed by atoms with Crippen LogP contribution in [0.15, 0.2) is 69.7 Å². The highest BCUT2D eigenvalue weighted by Gasteiger charge is 2.15. The molecule has 7 heteroatoms. The molecule has 0 aliphatic heterocycles. The fraction of sp³-hybridized carbons (Fsp3) is 0. The van der Waals surface area contributed by atoms with Crippen LogP contribution in [-0.4, -0.2) is 17.0 Å². The zero-order chi connectivity index (χ0) is 16.9. The normalized spacial score (nSPS) is 10.2. The van der Waals surface area contributed by atoms with Crippen molar-refractivity contribution in [3.8, 4) is 11.3 Å². The van der Waals surface area contributed by atoms with Gasteiger partial charge >= 0.3 is 5.91 Å². The SMILES string of the molecule is O=C(NNC(=O)c1cc(-c2ccccc2)no1)c1ccc(Br)cc1. The van der Waals surface area contributed by atoms with Crippen molar-refractivity contribution in [2.24, 2.45) is 0 Å². The van der Waals surface area contributed by atoms with Crippen molar-refractivity contribution in [3.05, 3.63) is 76.5 Å². The van der Waals surface area contributed by atoms with Gasteiger partial charge in [-0.3, -0.25) is 20.4 Å². The number of aromatic nitrogens is 1. The molecule has 6 nitrogen and oxygen atoms in total. The summed E-state index contributed by atoms with van der Waals surface area (Å²) in [5.74, 6) is -1.02.